The molecule has 122 valence electrons. The zero-order valence-corrected chi connectivity index (χ0v) is 13.8. The minimum Gasteiger partial charge on any atom is -0.550 e. The number of hydrogen-bond acceptors (Lipinski definition) is 5. The second kappa shape index (κ2) is 7.78. The Balaban J connectivity index is 2.14. The minimum atomic E-state index is -1.22. The lowest BCUT2D eigenvalue weighted by Crippen LogP contribution is -2.33. The molecule has 5 nitrogen and oxygen atoms in total. The molecular weight excluding hydrogens is 314 g/mol. The Morgan fingerprint density at radius 2 is 1.91 bits per heavy atom. The highest BCUT2D eigenvalue weighted by Crippen LogP contribution is 2.22. The molecule has 1 heterocycles. The van der Waals surface area contributed by atoms with Crippen molar-refractivity contribution >= 4 is 23.2 Å². The summed E-state index contributed by atoms with van der Waals surface area (Å²) in [5.74, 6) is -0.821. The number of carboxylic acids is 1. The van der Waals surface area contributed by atoms with Crippen molar-refractivity contribution in [2.24, 2.45) is 0 Å². The molecule has 0 aliphatic heterocycles. The number of nitrogens with one attached hydrogen (secondary N) is 1. The number of rotatable bonds is 7. The van der Waals surface area contributed by atoms with Crippen LogP contribution in [-0.4, -0.2) is 18.0 Å². The molecule has 1 unspecified atom stereocenters. The van der Waals surface area contributed by atoms with Crippen LogP contribution < -0.4 is 15.2 Å². The van der Waals surface area contributed by atoms with E-state index >= 15 is 0 Å². The van der Waals surface area contributed by atoms with Gasteiger partial charge in [-0.3, -0.25) is 4.79 Å². The van der Waals surface area contributed by atoms with Gasteiger partial charge in [0.05, 0.1) is 17.0 Å². The van der Waals surface area contributed by atoms with Crippen LogP contribution in [0.5, 0.6) is 5.75 Å². The SMILES string of the molecule is CC(C)Oc1ccc(C(CC(=O)[O-])NC(=O)c2cccs2)cc1. The van der Waals surface area contributed by atoms with Gasteiger partial charge >= 0.3 is 0 Å². The van der Waals surface area contributed by atoms with Gasteiger partial charge in [0.1, 0.15) is 5.75 Å². The van der Waals surface area contributed by atoms with Gasteiger partial charge in [0, 0.05) is 12.4 Å². The van der Waals surface area contributed by atoms with E-state index in [1.54, 1.807) is 41.8 Å². The first kappa shape index (κ1) is 17.0. The Kier molecular flexibility index (Phi) is 5.76. The molecule has 6 heteroatoms. The molecule has 0 aliphatic carbocycles. The van der Waals surface area contributed by atoms with Gasteiger partial charge in [-0.25, -0.2) is 0 Å². The average Bonchev–Trinajstić information content (AvgIpc) is 3.00. The zero-order chi connectivity index (χ0) is 16.8. The van der Waals surface area contributed by atoms with Crippen molar-refractivity contribution < 1.29 is 19.4 Å². The number of thiophene rings is 1. The van der Waals surface area contributed by atoms with Crippen molar-refractivity contribution in [2.45, 2.75) is 32.4 Å². The Labute approximate surface area is 138 Å². The van der Waals surface area contributed by atoms with Gasteiger partial charge in [0.2, 0.25) is 0 Å². The monoisotopic (exact) mass is 332 g/mol. The summed E-state index contributed by atoms with van der Waals surface area (Å²) in [7, 11) is 0. The first-order valence-electron chi connectivity index (χ1n) is 7.26. The second-order valence-electron chi connectivity index (χ2n) is 5.32. The van der Waals surface area contributed by atoms with E-state index in [9.17, 15) is 14.7 Å². The summed E-state index contributed by atoms with van der Waals surface area (Å²) in [5, 5.41) is 15.5. The van der Waals surface area contributed by atoms with Crippen LogP contribution >= 0.6 is 11.3 Å². The highest BCUT2D eigenvalue weighted by atomic mass is 32.1. The number of carbonyl (C=O) groups excluding carboxylic acids is 2. The molecule has 0 saturated heterocycles. The van der Waals surface area contributed by atoms with Gasteiger partial charge in [-0.2, -0.15) is 0 Å². The Bertz CT molecular complexity index is 650. The molecule has 1 N–H and O–H groups in total. The van der Waals surface area contributed by atoms with E-state index < -0.39 is 12.0 Å². The van der Waals surface area contributed by atoms with E-state index in [4.69, 9.17) is 4.74 Å². The third-order valence-electron chi connectivity index (χ3n) is 3.08. The summed E-state index contributed by atoms with van der Waals surface area (Å²) in [5.41, 5.74) is 0.690. The predicted molar refractivity (Wildman–Crippen MR) is 86.4 cm³/mol. The molecule has 0 spiro atoms. The molecule has 23 heavy (non-hydrogen) atoms. The van der Waals surface area contributed by atoms with Crippen molar-refractivity contribution in [1.82, 2.24) is 5.32 Å². The topological polar surface area (TPSA) is 78.5 Å². The van der Waals surface area contributed by atoms with Gasteiger partial charge in [-0.05, 0) is 43.0 Å². The minimum absolute atomic E-state index is 0.0541. The number of amides is 1. The van der Waals surface area contributed by atoms with Crippen LogP contribution in [0.1, 0.15) is 41.5 Å². The quantitative estimate of drug-likeness (QED) is 0.842. The molecular formula is C17H18NO4S-. The highest BCUT2D eigenvalue weighted by Gasteiger charge is 2.17. The van der Waals surface area contributed by atoms with Crippen LogP contribution in [0.3, 0.4) is 0 Å². The number of carbonyl (C=O) groups is 2. The van der Waals surface area contributed by atoms with E-state index in [0.29, 0.717) is 16.2 Å². The van der Waals surface area contributed by atoms with Crippen LogP contribution in [0.4, 0.5) is 0 Å². The van der Waals surface area contributed by atoms with E-state index in [1.807, 2.05) is 13.8 Å². The van der Waals surface area contributed by atoms with Crippen molar-refractivity contribution in [3.8, 4) is 5.75 Å². The summed E-state index contributed by atoms with van der Waals surface area (Å²) in [6.45, 7) is 3.85. The molecule has 2 aromatic rings. The van der Waals surface area contributed by atoms with E-state index in [1.165, 1.54) is 11.3 Å². The van der Waals surface area contributed by atoms with Gasteiger partial charge in [0.25, 0.3) is 5.91 Å². The molecule has 1 aromatic carbocycles. The van der Waals surface area contributed by atoms with Gasteiger partial charge in [0.15, 0.2) is 0 Å². The normalized spacial score (nSPS) is 12.0. The van der Waals surface area contributed by atoms with Crippen molar-refractivity contribution in [2.75, 3.05) is 0 Å². The van der Waals surface area contributed by atoms with Crippen molar-refractivity contribution in [1.29, 1.82) is 0 Å². The maximum Gasteiger partial charge on any atom is 0.261 e. The number of ether oxygens (including phenoxy) is 1. The number of carboxylic acid groups (broad SMARTS) is 1. The van der Waals surface area contributed by atoms with Crippen molar-refractivity contribution in [3.05, 3.63) is 52.2 Å². The van der Waals surface area contributed by atoms with Crippen LogP contribution in [0, 0.1) is 0 Å². The zero-order valence-electron chi connectivity index (χ0n) is 12.9. The predicted octanol–water partition coefficient (Wildman–Crippen LogP) is 2.15. The third kappa shape index (κ3) is 5.10. The van der Waals surface area contributed by atoms with Crippen LogP contribution in [-0.2, 0) is 4.79 Å². The lowest BCUT2D eigenvalue weighted by molar-refractivity contribution is -0.306. The van der Waals surface area contributed by atoms with Gasteiger partial charge < -0.3 is 20.0 Å². The third-order valence-corrected chi connectivity index (χ3v) is 3.94. The van der Waals surface area contributed by atoms with Crippen LogP contribution in [0.25, 0.3) is 0 Å². The summed E-state index contributed by atoms with van der Waals surface area (Å²) in [6.07, 6.45) is -0.236. The molecule has 0 bridgehead atoms. The fourth-order valence-corrected chi connectivity index (χ4v) is 2.73. The van der Waals surface area contributed by atoms with Crippen LogP contribution in [0.2, 0.25) is 0 Å². The molecule has 0 aliphatic rings. The molecule has 1 aromatic heterocycles. The van der Waals surface area contributed by atoms with E-state index in [-0.39, 0.29) is 18.4 Å². The Hall–Kier alpha value is -2.34. The van der Waals surface area contributed by atoms with Gasteiger partial charge in [-0.1, -0.05) is 18.2 Å². The maximum absolute atomic E-state index is 12.1. The average molecular weight is 332 g/mol. The Morgan fingerprint density at radius 3 is 2.43 bits per heavy atom. The number of benzene rings is 1. The molecule has 0 radical (unpaired) electrons. The summed E-state index contributed by atoms with van der Waals surface area (Å²) < 4.78 is 5.56. The Morgan fingerprint density at radius 1 is 1.22 bits per heavy atom. The summed E-state index contributed by atoms with van der Waals surface area (Å²) >= 11 is 1.30. The second-order valence-corrected chi connectivity index (χ2v) is 6.26. The summed E-state index contributed by atoms with van der Waals surface area (Å²) in [4.78, 5) is 23.7. The molecule has 1 atom stereocenters. The molecule has 1 amide bonds. The fourth-order valence-electron chi connectivity index (χ4n) is 2.11. The first-order chi connectivity index (χ1) is 11.0. The smallest absolute Gasteiger partial charge is 0.261 e. The van der Waals surface area contributed by atoms with Crippen LogP contribution in [0.15, 0.2) is 41.8 Å². The molecule has 2 rings (SSSR count). The summed E-state index contributed by atoms with van der Waals surface area (Å²) in [6, 6.07) is 9.83. The lowest BCUT2D eigenvalue weighted by atomic mass is 10.0. The number of hydrogen-bond donors (Lipinski definition) is 1. The van der Waals surface area contributed by atoms with Crippen molar-refractivity contribution in [3.63, 3.8) is 0 Å². The lowest BCUT2D eigenvalue weighted by Gasteiger charge is -2.20. The fraction of sp³-hybridized carbons (Fsp3) is 0.294. The molecule has 0 fully saturated rings. The standard InChI is InChI=1S/C17H19NO4S/c1-11(2)22-13-7-5-12(6-8-13)14(10-16(19)20)18-17(21)15-4-3-9-23-15/h3-9,11,14H,10H2,1-2H3,(H,18,21)(H,19,20)/p-1. The molecule has 0 saturated carbocycles. The largest absolute Gasteiger partial charge is 0.550 e. The highest BCUT2D eigenvalue weighted by molar-refractivity contribution is 7.12. The number of aliphatic carboxylic acids is 1. The van der Waals surface area contributed by atoms with E-state index in [0.717, 1.165) is 0 Å². The first-order valence-corrected chi connectivity index (χ1v) is 8.14. The van der Waals surface area contributed by atoms with E-state index in [2.05, 4.69) is 5.32 Å². The van der Waals surface area contributed by atoms with Gasteiger partial charge in [-0.15, -0.1) is 11.3 Å². The maximum atomic E-state index is 12.1.